The van der Waals surface area contributed by atoms with E-state index in [2.05, 4.69) is 5.32 Å². The first kappa shape index (κ1) is 15.8. The molecule has 2 saturated heterocycles. The normalized spacial score (nSPS) is 21.3. The second kappa shape index (κ2) is 6.01. The van der Waals surface area contributed by atoms with Crippen molar-refractivity contribution in [1.29, 1.82) is 0 Å². The monoisotopic (exact) mass is 296 g/mol. The van der Waals surface area contributed by atoms with Crippen LogP contribution in [0.2, 0.25) is 0 Å². The molecule has 2 aliphatic heterocycles. The van der Waals surface area contributed by atoms with E-state index >= 15 is 0 Å². The number of carbonyl (C=O) groups excluding carboxylic acids is 3. The van der Waals surface area contributed by atoms with Crippen LogP contribution in [0, 0.1) is 0 Å². The molecule has 4 amide bonds. The summed E-state index contributed by atoms with van der Waals surface area (Å²) in [5.74, 6) is -0.0793. The Morgan fingerprint density at radius 3 is 2.43 bits per heavy atom. The highest BCUT2D eigenvalue weighted by Gasteiger charge is 2.53. The molecule has 7 nitrogen and oxygen atoms in total. The molecule has 2 aliphatic rings. The van der Waals surface area contributed by atoms with Crippen molar-refractivity contribution < 1.29 is 14.4 Å². The summed E-state index contributed by atoms with van der Waals surface area (Å²) >= 11 is 0. The average Bonchev–Trinajstić information content (AvgIpc) is 2.68. The lowest BCUT2D eigenvalue weighted by atomic mass is 9.87. The lowest BCUT2D eigenvalue weighted by molar-refractivity contribution is -0.139. The Balaban J connectivity index is 1.99. The Bertz CT molecular complexity index is 442. The number of imide groups is 1. The third kappa shape index (κ3) is 2.88. The Kier molecular flexibility index (Phi) is 4.51. The van der Waals surface area contributed by atoms with E-state index < -0.39 is 5.54 Å². The van der Waals surface area contributed by atoms with E-state index in [1.165, 1.54) is 4.90 Å². The van der Waals surface area contributed by atoms with Gasteiger partial charge in [-0.3, -0.25) is 14.5 Å². The molecule has 118 valence electrons. The maximum absolute atomic E-state index is 12.5. The van der Waals surface area contributed by atoms with Crippen LogP contribution < -0.4 is 11.1 Å². The number of nitrogens with two attached hydrogens (primary N) is 1. The van der Waals surface area contributed by atoms with Gasteiger partial charge >= 0.3 is 6.03 Å². The quantitative estimate of drug-likeness (QED) is 0.716. The number of hydrogen-bond acceptors (Lipinski definition) is 4. The predicted molar refractivity (Wildman–Crippen MR) is 77.3 cm³/mol. The highest BCUT2D eigenvalue weighted by atomic mass is 16.2. The van der Waals surface area contributed by atoms with E-state index in [0.29, 0.717) is 45.3 Å². The fourth-order valence-electron chi connectivity index (χ4n) is 3.00. The number of likely N-dealkylation sites (tertiary alicyclic amines) is 1. The standard InChI is InChI=1S/C14H24N4O3/c1-10(2)18-12(20)14(16-13(18)21)5-8-17(9-6-14)11(19)4-3-7-15/h10H,3-9,15H2,1-2H3,(H,16,21). The highest BCUT2D eigenvalue weighted by Crippen LogP contribution is 2.30. The molecule has 0 aliphatic carbocycles. The van der Waals surface area contributed by atoms with Gasteiger partial charge in [-0.1, -0.05) is 0 Å². The van der Waals surface area contributed by atoms with Gasteiger partial charge in [-0.25, -0.2) is 4.79 Å². The van der Waals surface area contributed by atoms with Crippen LogP contribution in [0.4, 0.5) is 4.79 Å². The van der Waals surface area contributed by atoms with Gasteiger partial charge in [0.2, 0.25) is 5.91 Å². The molecule has 0 bridgehead atoms. The van der Waals surface area contributed by atoms with Gasteiger partial charge in [-0.05, 0) is 39.7 Å². The molecule has 2 heterocycles. The molecule has 1 spiro atoms. The zero-order valence-corrected chi connectivity index (χ0v) is 12.7. The molecule has 0 unspecified atom stereocenters. The molecule has 0 aromatic heterocycles. The van der Waals surface area contributed by atoms with Gasteiger partial charge < -0.3 is 16.0 Å². The summed E-state index contributed by atoms with van der Waals surface area (Å²) < 4.78 is 0. The van der Waals surface area contributed by atoms with Crippen molar-refractivity contribution in [2.45, 2.75) is 51.1 Å². The van der Waals surface area contributed by atoms with Crippen LogP contribution in [-0.4, -0.2) is 58.9 Å². The minimum absolute atomic E-state index is 0.0767. The smallest absolute Gasteiger partial charge is 0.325 e. The number of carbonyl (C=O) groups is 3. The van der Waals surface area contributed by atoms with E-state index in [1.54, 1.807) is 4.90 Å². The number of piperidine rings is 1. The van der Waals surface area contributed by atoms with Crippen LogP contribution in [0.3, 0.4) is 0 Å². The summed E-state index contributed by atoms with van der Waals surface area (Å²) in [5.41, 5.74) is 4.60. The Hall–Kier alpha value is -1.63. The number of amides is 4. The third-order valence-corrected chi connectivity index (χ3v) is 4.27. The van der Waals surface area contributed by atoms with Crippen molar-refractivity contribution >= 4 is 17.8 Å². The fourth-order valence-corrected chi connectivity index (χ4v) is 3.00. The highest BCUT2D eigenvalue weighted by molar-refractivity contribution is 6.07. The summed E-state index contributed by atoms with van der Waals surface area (Å²) in [6.07, 6.45) is 2.09. The van der Waals surface area contributed by atoms with Crippen LogP contribution in [0.1, 0.15) is 39.5 Å². The van der Waals surface area contributed by atoms with Crippen LogP contribution in [0.5, 0.6) is 0 Å². The molecule has 7 heteroatoms. The lowest BCUT2D eigenvalue weighted by Gasteiger charge is -2.37. The largest absolute Gasteiger partial charge is 0.342 e. The second-order valence-electron chi connectivity index (χ2n) is 6.05. The van der Waals surface area contributed by atoms with Crippen molar-refractivity contribution in [2.75, 3.05) is 19.6 Å². The van der Waals surface area contributed by atoms with E-state index in [4.69, 9.17) is 5.73 Å². The van der Waals surface area contributed by atoms with E-state index in [1.807, 2.05) is 13.8 Å². The number of nitrogens with zero attached hydrogens (tertiary/aromatic N) is 2. The van der Waals surface area contributed by atoms with E-state index in [-0.39, 0.29) is 23.9 Å². The maximum Gasteiger partial charge on any atom is 0.325 e. The fraction of sp³-hybridized carbons (Fsp3) is 0.786. The summed E-state index contributed by atoms with van der Waals surface area (Å²) in [6, 6.07) is -0.473. The van der Waals surface area contributed by atoms with Gasteiger partial charge in [0.25, 0.3) is 5.91 Å². The summed E-state index contributed by atoms with van der Waals surface area (Å²) in [5, 5.41) is 2.83. The average molecular weight is 296 g/mol. The summed E-state index contributed by atoms with van der Waals surface area (Å²) in [6.45, 7) is 5.15. The Morgan fingerprint density at radius 1 is 1.33 bits per heavy atom. The SMILES string of the molecule is CC(C)N1C(=O)NC2(CCN(C(=O)CCCN)CC2)C1=O. The topological polar surface area (TPSA) is 95.7 Å². The van der Waals surface area contributed by atoms with Gasteiger partial charge in [0.1, 0.15) is 5.54 Å². The molecule has 0 aromatic rings. The lowest BCUT2D eigenvalue weighted by Crippen LogP contribution is -2.56. The molecule has 0 radical (unpaired) electrons. The first-order valence-corrected chi connectivity index (χ1v) is 7.55. The number of urea groups is 1. The zero-order chi connectivity index (χ0) is 15.6. The molecular formula is C14H24N4O3. The zero-order valence-electron chi connectivity index (χ0n) is 12.7. The Morgan fingerprint density at radius 2 is 1.95 bits per heavy atom. The van der Waals surface area contributed by atoms with E-state index in [9.17, 15) is 14.4 Å². The van der Waals surface area contributed by atoms with Crippen molar-refractivity contribution in [2.24, 2.45) is 5.73 Å². The van der Waals surface area contributed by atoms with Crippen LogP contribution in [0.15, 0.2) is 0 Å². The molecule has 3 N–H and O–H groups in total. The number of nitrogens with one attached hydrogen (secondary N) is 1. The van der Waals surface area contributed by atoms with Crippen LogP contribution >= 0.6 is 0 Å². The van der Waals surface area contributed by atoms with Gasteiger partial charge in [0.15, 0.2) is 0 Å². The van der Waals surface area contributed by atoms with Crippen LogP contribution in [0.25, 0.3) is 0 Å². The van der Waals surface area contributed by atoms with Gasteiger partial charge in [-0.15, -0.1) is 0 Å². The Labute approximate surface area is 124 Å². The van der Waals surface area contributed by atoms with Crippen molar-refractivity contribution in [3.8, 4) is 0 Å². The molecule has 2 fully saturated rings. The van der Waals surface area contributed by atoms with E-state index in [0.717, 1.165) is 0 Å². The minimum atomic E-state index is -0.813. The summed E-state index contributed by atoms with van der Waals surface area (Å²) in [4.78, 5) is 39.5. The van der Waals surface area contributed by atoms with Crippen LogP contribution in [-0.2, 0) is 9.59 Å². The molecule has 21 heavy (non-hydrogen) atoms. The maximum atomic E-state index is 12.5. The molecule has 0 atom stereocenters. The summed E-state index contributed by atoms with van der Waals surface area (Å²) in [7, 11) is 0. The van der Waals surface area contributed by atoms with Gasteiger partial charge in [-0.2, -0.15) is 0 Å². The number of rotatable bonds is 4. The first-order valence-electron chi connectivity index (χ1n) is 7.55. The second-order valence-corrected chi connectivity index (χ2v) is 6.05. The molecular weight excluding hydrogens is 272 g/mol. The molecule has 0 saturated carbocycles. The van der Waals surface area contributed by atoms with Gasteiger partial charge in [0.05, 0.1) is 0 Å². The molecule has 0 aromatic carbocycles. The van der Waals surface area contributed by atoms with Gasteiger partial charge in [0, 0.05) is 25.6 Å². The minimum Gasteiger partial charge on any atom is -0.342 e. The molecule has 2 rings (SSSR count). The van der Waals surface area contributed by atoms with Crippen molar-refractivity contribution in [3.63, 3.8) is 0 Å². The number of hydrogen-bond donors (Lipinski definition) is 2. The first-order chi connectivity index (χ1) is 9.91. The van der Waals surface area contributed by atoms with Crippen molar-refractivity contribution in [1.82, 2.24) is 15.1 Å². The van der Waals surface area contributed by atoms with Crippen molar-refractivity contribution in [3.05, 3.63) is 0 Å². The predicted octanol–water partition coefficient (Wildman–Crippen LogP) is 0.0467. The third-order valence-electron chi connectivity index (χ3n) is 4.27.